The van der Waals surface area contributed by atoms with Crippen LogP contribution in [0.1, 0.15) is 86.6 Å². The molecule has 0 fully saturated rings. The molecule has 0 aliphatic rings. The molecule has 0 spiro atoms. The van der Waals surface area contributed by atoms with Crippen molar-refractivity contribution in [2.75, 3.05) is 45.3 Å². The molecule has 3 unspecified atom stereocenters. The van der Waals surface area contributed by atoms with Crippen LogP contribution in [0, 0.1) is 33.0 Å². The van der Waals surface area contributed by atoms with E-state index in [9.17, 15) is 43.9 Å². The van der Waals surface area contributed by atoms with E-state index >= 15 is 0 Å². The Bertz CT molecular complexity index is 1520. The lowest BCUT2D eigenvalue weighted by atomic mass is 9.61. The second-order valence-electron chi connectivity index (χ2n) is 14.0. The van der Waals surface area contributed by atoms with Crippen LogP contribution in [-0.4, -0.2) is 91.8 Å². The Morgan fingerprint density at radius 1 is 0.827 bits per heavy atom. The number of nitrogens with one attached hydrogen (secondary N) is 3. The van der Waals surface area contributed by atoms with E-state index in [2.05, 4.69) is 16.0 Å². The fourth-order valence-corrected chi connectivity index (χ4v) is 6.14. The van der Waals surface area contributed by atoms with Crippen molar-refractivity contribution in [1.82, 2.24) is 15.5 Å². The normalized spacial score (nSPS) is 14.5. The number of benzene rings is 1. The summed E-state index contributed by atoms with van der Waals surface area (Å²) in [7, 11) is 1.33. The van der Waals surface area contributed by atoms with Crippen molar-refractivity contribution in [2.45, 2.75) is 81.1 Å². The molecule has 5 amide bonds. The van der Waals surface area contributed by atoms with Crippen molar-refractivity contribution < 1.29 is 52.9 Å². The summed E-state index contributed by atoms with van der Waals surface area (Å²) < 4.78 is 16.4. The molecule has 0 aliphatic heterocycles. The first kappa shape index (κ1) is 44.8. The van der Waals surface area contributed by atoms with Gasteiger partial charge in [-0.15, -0.1) is 0 Å². The standard InChI is InChI=1S/C36H53N5O11/c1-10-34(6,27(43)44)22-36(8,29(46)50-11-2)23-35(7,30(47)52-19-17-41(24(3)42)32(49)38-9)21-33(4,5)28(45)51-18-16-39-31(48)40-26-15-13-12-14-25(26)20-37/h12-15H,10-11,16-19,21-23H2,1-9H3,(H,38,49)(H,43,44)(H2,39,40,48). The number of nitriles is 1. The average molecular weight is 732 g/mol. The van der Waals surface area contributed by atoms with Gasteiger partial charge in [0, 0.05) is 14.0 Å². The minimum Gasteiger partial charge on any atom is -0.481 e. The van der Waals surface area contributed by atoms with Crippen molar-refractivity contribution >= 4 is 47.5 Å². The van der Waals surface area contributed by atoms with Crippen LogP contribution in [0.4, 0.5) is 15.3 Å². The lowest BCUT2D eigenvalue weighted by Gasteiger charge is -2.42. The van der Waals surface area contributed by atoms with Gasteiger partial charge in [0.25, 0.3) is 0 Å². The van der Waals surface area contributed by atoms with Crippen LogP contribution in [0.2, 0.25) is 0 Å². The molecule has 16 heteroatoms. The van der Waals surface area contributed by atoms with Crippen molar-refractivity contribution in [3.05, 3.63) is 29.8 Å². The van der Waals surface area contributed by atoms with Gasteiger partial charge in [-0.1, -0.05) is 19.1 Å². The monoisotopic (exact) mass is 731 g/mol. The number of ether oxygens (including phenoxy) is 3. The Labute approximate surface area is 304 Å². The molecule has 0 radical (unpaired) electrons. The molecule has 1 aromatic carbocycles. The predicted octanol–water partition coefficient (Wildman–Crippen LogP) is 4.23. The number of amides is 5. The maximum Gasteiger partial charge on any atom is 0.323 e. The molecule has 1 rings (SSSR count). The summed E-state index contributed by atoms with van der Waals surface area (Å²) in [5.41, 5.74) is -5.42. The van der Waals surface area contributed by atoms with Gasteiger partial charge in [-0.25, -0.2) is 9.59 Å². The minimum absolute atomic E-state index is 0.0133. The van der Waals surface area contributed by atoms with Gasteiger partial charge in [-0.05, 0) is 79.4 Å². The summed E-state index contributed by atoms with van der Waals surface area (Å²) in [5, 5.41) is 26.7. The largest absolute Gasteiger partial charge is 0.481 e. The molecule has 0 saturated heterocycles. The quantitative estimate of drug-likeness (QED) is 0.0890. The maximum atomic E-state index is 14.0. The van der Waals surface area contributed by atoms with Crippen LogP contribution in [0.25, 0.3) is 0 Å². The topological polar surface area (TPSA) is 231 Å². The van der Waals surface area contributed by atoms with Crippen LogP contribution < -0.4 is 16.0 Å². The van der Waals surface area contributed by atoms with Gasteiger partial charge in [-0.3, -0.25) is 28.9 Å². The molecule has 16 nitrogen and oxygen atoms in total. The second-order valence-corrected chi connectivity index (χ2v) is 14.0. The third-order valence-corrected chi connectivity index (χ3v) is 8.81. The third kappa shape index (κ3) is 12.5. The van der Waals surface area contributed by atoms with E-state index in [-0.39, 0.29) is 57.6 Å². The number of carbonyl (C=O) groups is 7. The van der Waals surface area contributed by atoms with E-state index in [0.717, 1.165) is 4.90 Å². The number of imide groups is 1. The molecule has 4 N–H and O–H groups in total. The number of hydrogen-bond acceptors (Lipinski definition) is 11. The van der Waals surface area contributed by atoms with Gasteiger partial charge < -0.3 is 35.3 Å². The number of aliphatic carboxylic acids is 1. The highest BCUT2D eigenvalue weighted by Gasteiger charge is 2.53. The SMILES string of the molecule is CCOC(=O)C(C)(CC(C)(CC)C(=O)O)CC(C)(CC(C)(C)C(=O)OCCNC(=O)Nc1ccccc1C#N)C(=O)OCCN(C(C)=O)C(=O)NC. The Balaban J connectivity index is 3.32. The van der Waals surface area contributed by atoms with Crippen molar-refractivity contribution in [2.24, 2.45) is 21.7 Å². The van der Waals surface area contributed by atoms with E-state index in [1.165, 1.54) is 48.6 Å². The summed E-state index contributed by atoms with van der Waals surface area (Å²) in [5.74, 6) is -4.09. The first-order valence-corrected chi connectivity index (χ1v) is 16.9. The minimum atomic E-state index is -1.64. The van der Waals surface area contributed by atoms with E-state index in [4.69, 9.17) is 14.2 Å². The summed E-state index contributed by atoms with van der Waals surface area (Å²) in [4.78, 5) is 90.7. The number of carbonyl (C=O) groups excluding carboxylic acids is 6. The molecule has 0 aliphatic carbocycles. The van der Waals surface area contributed by atoms with Crippen LogP contribution in [-0.2, 0) is 38.2 Å². The summed E-state index contributed by atoms with van der Waals surface area (Å²) >= 11 is 0. The predicted molar refractivity (Wildman–Crippen MR) is 188 cm³/mol. The second kappa shape index (κ2) is 19.4. The van der Waals surface area contributed by atoms with Gasteiger partial charge in [-0.2, -0.15) is 5.26 Å². The van der Waals surface area contributed by atoms with Gasteiger partial charge in [0.05, 0.1) is 52.6 Å². The van der Waals surface area contributed by atoms with Crippen LogP contribution >= 0.6 is 0 Å². The van der Waals surface area contributed by atoms with Crippen LogP contribution in [0.15, 0.2) is 24.3 Å². The van der Waals surface area contributed by atoms with E-state index in [0.29, 0.717) is 5.69 Å². The van der Waals surface area contributed by atoms with Crippen molar-refractivity contribution in [3.63, 3.8) is 0 Å². The van der Waals surface area contributed by atoms with Crippen molar-refractivity contribution in [1.29, 1.82) is 5.26 Å². The summed E-state index contributed by atoms with van der Waals surface area (Å²) in [6.45, 7) is 10.9. The third-order valence-electron chi connectivity index (χ3n) is 8.81. The molecule has 3 atom stereocenters. The number of hydrogen-bond donors (Lipinski definition) is 4. The Morgan fingerprint density at radius 2 is 1.38 bits per heavy atom. The van der Waals surface area contributed by atoms with E-state index in [1.807, 2.05) is 6.07 Å². The highest BCUT2D eigenvalue weighted by atomic mass is 16.5. The van der Waals surface area contributed by atoms with Gasteiger partial charge in [0.15, 0.2) is 0 Å². The van der Waals surface area contributed by atoms with Crippen LogP contribution in [0.3, 0.4) is 0 Å². The molecule has 0 heterocycles. The molecule has 1 aromatic rings. The summed E-state index contributed by atoms with van der Waals surface area (Å²) in [6.07, 6.45) is -0.588. The number of esters is 3. The van der Waals surface area contributed by atoms with Gasteiger partial charge in [0.2, 0.25) is 5.91 Å². The maximum absolute atomic E-state index is 14.0. The molecular weight excluding hydrogens is 678 g/mol. The van der Waals surface area contributed by atoms with E-state index in [1.54, 1.807) is 38.1 Å². The zero-order chi connectivity index (χ0) is 39.9. The number of carboxylic acids is 1. The van der Waals surface area contributed by atoms with E-state index < -0.39 is 70.1 Å². The Hall–Kier alpha value is -5.20. The van der Waals surface area contributed by atoms with Gasteiger partial charge in [0.1, 0.15) is 19.3 Å². The number of carboxylic acid groups (broad SMARTS) is 1. The Morgan fingerprint density at radius 3 is 1.92 bits per heavy atom. The zero-order valence-corrected chi connectivity index (χ0v) is 31.6. The van der Waals surface area contributed by atoms with Crippen molar-refractivity contribution in [3.8, 4) is 6.07 Å². The number of anilines is 1. The Kier molecular flexibility index (Phi) is 16.7. The number of rotatable bonds is 19. The first-order chi connectivity index (χ1) is 24.1. The molecule has 0 saturated carbocycles. The molecule has 0 aromatic heterocycles. The number of para-hydroxylation sites is 1. The number of nitrogens with zero attached hydrogens (tertiary/aromatic N) is 2. The molecular formula is C36H53N5O11. The number of urea groups is 2. The fourth-order valence-electron chi connectivity index (χ4n) is 6.14. The molecule has 52 heavy (non-hydrogen) atoms. The summed E-state index contributed by atoms with van der Waals surface area (Å²) in [6, 6.07) is 7.03. The zero-order valence-electron chi connectivity index (χ0n) is 31.6. The molecule has 288 valence electrons. The van der Waals surface area contributed by atoms with Gasteiger partial charge >= 0.3 is 35.9 Å². The lowest BCUT2D eigenvalue weighted by Crippen LogP contribution is -2.48. The highest BCUT2D eigenvalue weighted by molar-refractivity contribution is 5.93. The van der Waals surface area contributed by atoms with Crippen LogP contribution in [0.5, 0.6) is 0 Å². The molecule has 0 bridgehead atoms. The fraction of sp³-hybridized carbons (Fsp3) is 0.611. The highest BCUT2D eigenvalue weighted by Crippen LogP contribution is 2.49. The smallest absolute Gasteiger partial charge is 0.323 e. The first-order valence-electron chi connectivity index (χ1n) is 16.9. The average Bonchev–Trinajstić information content (AvgIpc) is 3.07. The lowest BCUT2D eigenvalue weighted by molar-refractivity contribution is -0.171.